The molecule has 2 aromatic heterocycles. The van der Waals surface area contributed by atoms with E-state index in [2.05, 4.69) is 14.8 Å². The number of nitrogens with zero attached hydrogens (tertiary/aromatic N) is 3. The van der Waals surface area contributed by atoms with Crippen LogP contribution in [0.3, 0.4) is 0 Å². The van der Waals surface area contributed by atoms with Crippen molar-refractivity contribution in [2.45, 2.75) is 30.9 Å². The summed E-state index contributed by atoms with van der Waals surface area (Å²) in [5.74, 6) is 0. The number of rotatable bonds is 5. The highest BCUT2D eigenvalue weighted by molar-refractivity contribution is 7.92. The SMILES string of the molecule is C[C@@H](O)[C@H](C)n1cc(S(=O)(=O)Nc2ccc(Cl)c3c(C#N)c[nH]c23)cn1. The molecule has 136 valence electrons. The average Bonchev–Trinajstić information content (AvgIpc) is 3.24. The lowest BCUT2D eigenvalue weighted by Gasteiger charge is -2.14. The number of fused-ring (bicyclic) bond motifs is 1. The third-order valence-corrected chi connectivity index (χ3v) is 5.79. The minimum atomic E-state index is -3.91. The zero-order valence-corrected chi connectivity index (χ0v) is 15.5. The quantitative estimate of drug-likeness (QED) is 0.614. The molecule has 0 aliphatic rings. The van der Waals surface area contributed by atoms with Crippen molar-refractivity contribution in [2.75, 3.05) is 4.72 Å². The van der Waals surface area contributed by atoms with Gasteiger partial charge >= 0.3 is 0 Å². The van der Waals surface area contributed by atoms with Crippen molar-refractivity contribution in [3.63, 3.8) is 0 Å². The van der Waals surface area contributed by atoms with Gasteiger partial charge in [0.05, 0.1) is 40.1 Å². The zero-order valence-electron chi connectivity index (χ0n) is 13.9. The van der Waals surface area contributed by atoms with Crippen molar-refractivity contribution >= 4 is 38.2 Å². The van der Waals surface area contributed by atoms with Crippen LogP contribution in [0.25, 0.3) is 10.9 Å². The van der Waals surface area contributed by atoms with Crippen molar-refractivity contribution in [1.82, 2.24) is 14.8 Å². The lowest BCUT2D eigenvalue weighted by molar-refractivity contribution is 0.132. The van der Waals surface area contributed by atoms with E-state index >= 15 is 0 Å². The maximum Gasteiger partial charge on any atom is 0.265 e. The van der Waals surface area contributed by atoms with Crippen LogP contribution < -0.4 is 4.72 Å². The molecule has 0 aliphatic carbocycles. The Morgan fingerprint density at radius 2 is 2.15 bits per heavy atom. The smallest absolute Gasteiger partial charge is 0.265 e. The van der Waals surface area contributed by atoms with Gasteiger partial charge in [0.15, 0.2) is 0 Å². The summed E-state index contributed by atoms with van der Waals surface area (Å²) in [6.45, 7) is 3.33. The Labute approximate surface area is 155 Å². The summed E-state index contributed by atoms with van der Waals surface area (Å²) in [5.41, 5.74) is 1.01. The molecule has 0 spiro atoms. The van der Waals surface area contributed by atoms with E-state index < -0.39 is 16.1 Å². The molecule has 0 aliphatic heterocycles. The van der Waals surface area contributed by atoms with Crippen LogP contribution in [0.2, 0.25) is 5.02 Å². The van der Waals surface area contributed by atoms with Gasteiger partial charge in [-0.15, -0.1) is 0 Å². The molecule has 0 bridgehead atoms. The Morgan fingerprint density at radius 1 is 1.42 bits per heavy atom. The van der Waals surface area contributed by atoms with Crippen LogP contribution in [-0.4, -0.2) is 34.4 Å². The van der Waals surface area contributed by atoms with Crippen molar-refractivity contribution in [3.05, 3.63) is 41.3 Å². The van der Waals surface area contributed by atoms with E-state index in [1.54, 1.807) is 13.8 Å². The Kier molecular flexibility index (Phi) is 4.66. The first-order valence-electron chi connectivity index (χ1n) is 7.69. The van der Waals surface area contributed by atoms with Gasteiger partial charge in [0, 0.05) is 17.8 Å². The number of halogens is 1. The van der Waals surface area contributed by atoms with Gasteiger partial charge < -0.3 is 10.1 Å². The third kappa shape index (κ3) is 3.14. The Morgan fingerprint density at radius 3 is 2.81 bits per heavy atom. The van der Waals surface area contributed by atoms with Gasteiger partial charge in [0.2, 0.25) is 0 Å². The first-order valence-corrected chi connectivity index (χ1v) is 9.55. The minimum absolute atomic E-state index is 0.0415. The number of aliphatic hydroxyl groups is 1. The molecule has 0 fully saturated rings. The van der Waals surface area contributed by atoms with E-state index in [1.807, 2.05) is 6.07 Å². The van der Waals surface area contributed by atoms with Gasteiger partial charge in [-0.05, 0) is 26.0 Å². The summed E-state index contributed by atoms with van der Waals surface area (Å²) in [6, 6.07) is 4.68. The summed E-state index contributed by atoms with van der Waals surface area (Å²) in [6.07, 6.45) is 3.35. The molecule has 8 nitrogen and oxygen atoms in total. The number of H-pyrrole nitrogens is 1. The van der Waals surface area contributed by atoms with E-state index in [4.69, 9.17) is 16.9 Å². The van der Waals surface area contributed by atoms with E-state index in [0.717, 1.165) is 0 Å². The normalized spacial score (nSPS) is 14.1. The highest BCUT2D eigenvalue weighted by Crippen LogP contribution is 2.32. The Bertz CT molecular complexity index is 1110. The van der Waals surface area contributed by atoms with E-state index in [9.17, 15) is 13.5 Å². The molecule has 3 aromatic rings. The van der Waals surface area contributed by atoms with Crippen LogP contribution in [0, 0.1) is 11.3 Å². The topological polar surface area (TPSA) is 124 Å². The fourth-order valence-electron chi connectivity index (χ4n) is 2.49. The highest BCUT2D eigenvalue weighted by atomic mass is 35.5. The van der Waals surface area contributed by atoms with Crippen LogP contribution in [0.15, 0.2) is 35.6 Å². The minimum Gasteiger partial charge on any atom is -0.391 e. The molecule has 0 saturated heterocycles. The van der Waals surface area contributed by atoms with Gasteiger partial charge in [-0.3, -0.25) is 9.40 Å². The number of benzene rings is 1. The van der Waals surface area contributed by atoms with Gasteiger partial charge in [0.1, 0.15) is 11.0 Å². The maximum absolute atomic E-state index is 12.7. The monoisotopic (exact) mass is 393 g/mol. The number of nitriles is 1. The predicted octanol–water partition coefficient (Wildman–Crippen LogP) is 2.63. The number of sulfonamides is 1. The maximum atomic E-state index is 12.7. The van der Waals surface area contributed by atoms with Gasteiger partial charge in [-0.1, -0.05) is 11.6 Å². The number of aromatic amines is 1. The summed E-state index contributed by atoms with van der Waals surface area (Å²) in [4.78, 5) is 2.83. The largest absolute Gasteiger partial charge is 0.391 e. The summed E-state index contributed by atoms with van der Waals surface area (Å²) in [5, 5.41) is 23.6. The van der Waals surface area contributed by atoms with Crippen LogP contribution in [-0.2, 0) is 10.0 Å². The molecular weight excluding hydrogens is 378 g/mol. The van der Waals surface area contributed by atoms with Crippen molar-refractivity contribution in [3.8, 4) is 6.07 Å². The highest BCUT2D eigenvalue weighted by Gasteiger charge is 2.21. The number of aromatic nitrogens is 3. The molecule has 2 heterocycles. The van der Waals surface area contributed by atoms with Gasteiger partial charge in [-0.25, -0.2) is 8.42 Å². The summed E-state index contributed by atoms with van der Waals surface area (Å²) in [7, 11) is -3.91. The third-order valence-electron chi connectivity index (χ3n) is 4.15. The molecule has 1 aromatic carbocycles. The zero-order chi connectivity index (χ0) is 19.1. The summed E-state index contributed by atoms with van der Waals surface area (Å²) >= 11 is 6.12. The number of hydrogen-bond donors (Lipinski definition) is 3. The second kappa shape index (κ2) is 6.64. The van der Waals surface area contributed by atoms with E-state index in [0.29, 0.717) is 21.5 Å². The number of hydrogen-bond acceptors (Lipinski definition) is 5. The van der Waals surface area contributed by atoms with Crippen LogP contribution in [0.1, 0.15) is 25.5 Å². The van der Waals surface area contributed by atoms with Crippen LogP contribution in [0.4, 0.5) is 5.69 Å². The van der Waals surface area contributed by atoms with Crippen LogP contribution in [0.5, 0.6) is 0 Å². The lowest BCUT2D eigenvalue weighted by atomic mass is 10.1. The first-order chi connectivity index (χ1) is 12.2. The average molecular weight is 394 g/mol. The van der Waals surface area contributed by atoms with Crippen molar-refractivity contribution in [1.29, 1.82) is 5.26 Å². The summed E-state index contributed by atoms with van der Waals surface area (Å²) < 4.78 is 29.2. The van der Waals surface area contributed by atoms with Gasteiger partial charge in [-0.2, -0.15) is 10.4 Å². The predicted molar refractivity (Wildman–Crippen MR) is 97.5 cm³/mol. The number of aliphatic hydroxyl groups excluding tert-OH is 1. The Balaban J connectivity index is 1.99. The molecule has 3 rings (SSSR count). The molecule has 2 atom stereocenters. The second-order valence-corrected chi connectivity index (χ2v) is 7.99. The fraction of sp³-hybridized carbons (Fsp3) is 0.250. The van der Waals surface area contributed by atoms with E-state index in [1.165, 1.54) is 35.4 Å². The number of nitrogens with one attached hydrogen (secondary N) is 2. The fourth-order valence-corrected chi connectivity index (χ4v) is 3.76. The molecule has 3 N–H and O–H groups in total. The Hall–Kier alpha value is -2.54. The molecule has 10 heteroatoms. The first kappa shape index (κ1) is 18.3. The molecule has 0 amide bonds. The van der Waals surface area contributed by atoms with Crippen molar-refractivity contribution in [2.24, 2.45) is 0 Å². The van der Waals surface area contributed by atoms with E-state index in [-0.39, 0.29) is 16.6 Å². The van der Waals surface area contributed by atoms with Crippen molar-refractivity contribution < 1.29 is 13.5 Å². The molecule has 0 unspecified atom stereocenters. The van der Waals surface area contributed by atoms with Gasteiger partial charge in [0.25, 0.3) is 10.0 Å². The molecule has 0 saturated carbocycles. The molecular formula is C16H16ClN5O3S. The van der Waals surface area contributed by atoms with Crippen LogP contribution >= 0.6 is 11.6 Å². The lowest BCUT2D eigenvalue weighted by Crippen LogP contribution is -2.18. The molecule has 0 radical (unpaired) electrons. The standard InChI is InChI=1S/C16H16ClN5O3S/c1-9(10(2)23)22-8-12(7-20-22)26(24,25)21-14-4-3-13(17)15-11(5-18)6-19-16(14)15/h3-4,6-10,19,21,23H,1-2H3/t9-,10+/m0/s1. The number of anilines is 1. The molecule has 26 heavy (non-hydrogen) atoms. The second-order valence-electron chi connectivity index (χ2n) is 5.90.